The van der Waals surface area contributed by atoms with Crippen molar-refractivity contribution in [1.29, 1.82) is 5.26 Å². The standard InChI is InChI=1S/C24H22F2N4O4/c1-23(25,26)18-7-3-17(4-8-18)12-30-20(31)13-29(19-9-5-16(11-27)6-10-19)21(32)24(30)14-28(15-24)22(33)34-2/h3-10H,12-15H2,1-2H3. The van der Waals surface area contributed by atoms with Gasteiger partial charge < -0.3 is 19.4 Å². The van der Waals surface area contributed by atoms with Crippen molar-refractivity contribution >= 4 is 23.6 Å². The second-order valence-electron chi connectivity index (χ2n) is 8.47. The number of nitrogens with zero attached hydrogens (tertiary/aromatic N) is 4. The first-order valence-corrected chi connectivity index (χ1v) is 10.5. The Kier molecular flexibility index (Phi) is 5.73. The zero-order chi connectivity index (χ0) is 24.7. The molecule has 0 saturated carbocycles. The van der Waals surface area contributed by atoms with Crippen LogP contribution in [-0.2, 0) is 26.8 Å². The van der Waals surface area contributed by atoms with Crippen LogP contribution in [-0.4, -0.2) is 60.0 Å². The molecule has 2 aliphatic heterocycles. The van der Waals surface area contributed by atoms with E-state index in [4.69, 9.17) is 10.00 Å². The predicted octanol–water partition coefficient (Wildman–Crippen LogP) is 2.87. The number of hydrogen-bond acceptors (Lipinski definition) is 5. The Morgan fingerprint density at radius 2 is 1.74 bits per heavy atom. The van der Waals surface area contributed by atoms with Crippen molar-refractivity contribution in [3.63, 3.8) is 0 Å². The maximum absolute atomic E-state index is 13.7. The quantitative estimate of drug-likeness (QED) is 0.688. The summed E-state index contributed by atoms with van der Waals surface area (Å²) in [5.41, 5.74) is -0.0126. The summed E-state index contributed by atoms with van der Waals surface area (Å²) < 4.78 is 31.9. The van der Waals surface area contributed by atoms with Crippen LogP contribution in [0, 0.1) is 11.3 Å². The van der Waals surface area contributed by atoms with Gasteiger partial charge >= 0.3 is 6.09 Å². The van der Waals surface area contributed by atoms with Crippen LogP contribution in [0.4, 0.5) is 19.3 Å². The highest BCUT2D eigenvalue weighted by molar-refractivity contribution is 6.10. The zero-order valence-corrected chi connectivity index (χ0v) is 18.6. The van der Waals surface area contributed by atoms with Gasteiger partial charge in [-0.1, -0.05) is 24.3 Å². The van der Waals surface area contributed by atoms with Gasteiger partial charge in [0.15, 0.2) is 5.54 Å². The third-order valence-electron chi connectivity index (χ3n) is 6.20. The number of benzene rings is 2. The average molecular weight is 468 g/mol. The van der Waals surface area contributed by atoms with Gasteiger partial charge in [-0.25, -0.2) is 13.6 Å². The Bertz CT molecular complexity index is 1160. The Hall–Kier alpha value is -4.00. The van der Waals surface area contributed by atoms with Crippen molar-refractivity contribution in [2.75, 3.05) is 31.6 Å². The van der Waals surface area contributed by atoms with Crippen molar-refractivity contribution in [2.24, 2.45) is 0 Å². The molecule has 0 atom stereocenters. The third kappa shape index (κ3) is 3.94. The van der Waals surface area contributed by atoms with Crippen molar-refractivity contribution < 1.29 is 27.9 Å². The normalized spacial score (nSPS) is 17.4. The molecule has 0 radical (unpaired) electrons. The van der Waals surface area contributed by atoms with Gasteiger partial charge in [0.1, 0.15) is 6.54 Å². The summed E-state index contributed by atoms with van der Waals surface area (Å²) in [6, 6.07) is 13.9. The minimum Gasteiger partial charge on any atom is -0.453 e. The second kappa shape index (κ2) is 8.41. The Morgan fingerprint density at radius 1 is 1.12 bits per heavy atom. The first kappa shape index (κ1) is 23.2. The molecule has 2 saturated heterocycles. The second-order valence-corrected chi connectivity index (χ2v) is 8.47. The van der Waals surface area contributed by atoms with E-state index in [0.717, 1.165) is 6.92 Å². The first-order chi connectivity index (χ1) is 16.1. The van der Waals surface area contributed by atoms with Crippen LogP contribution in [0.3, 0.4) is 0 Å². The lowest BCUT2D eigenvalue weighted by atomic mass is 9.83. The molecule has 2 heterocycles. The van der Waals surface area contributed by atoms with E-state index in [0.29, 0.717) is 16.8 Å². The smallest absolute Gasteiger partial charge is 0.409 e. The van der Waals surface area contributed by atoms with Gasteiger partial charge in [0.2, 0.25) is 5.91 Å². The van der Waals surface area contributed by atoms with Crippen LogP contribution >= 0.6 is 0 Å². The van der Waals surface area contributed by atoms with Crippen LogP contribution in [0.2, 0.25) is 0 Å². The highest BCUT2D eigenvalue weighted by atomic mass is 19.3. The van der Waals surface area contributed by atoms with Crippen molar-refractivity contribution in [3.8, 4) is 6.07 Å². The summed E-state index contributed by atoms with van der Waals surface area (Å²) in [6.45, 7) is 0.494. The predicted molar refractivity (Wildman–Crippen MR) is 117 cm³/mol. The number of methoxy groups -OCH3 is 1. The number of hydrogen-bond donors (Lipinski definition) is 0. The van der Waals surface area contributed by atoms with Gasteiger partial charge in [-0.15, -0.1) is 0 Å². The van der Waals surface area contributed by atoms with E-state index in [1.165, 1.54) is 46.1 Å². The molecular weight excluding hydrogens is 446 g/mol. The molecule has 3 amide bonds. The minimum atomic E-state index is -2.99. The summed E-state index contributed by atoms with van der Waals surface area (Å²) in [5, 5.41) is 9.02. The molecule has 0 aliphatic carbocycles. The average Bonchev–Trinajstić information content (AvgIpc) is 2.79. The molecule has 2 aromatic rings. The van der Waals surface area contributed by atoms with Crippen molar-refractivity contribution in [2.45, 2.75) is 24.9 Å². The number of halogens is 2. The number of anilines is 1. The highest BCUT2D eigenvalue weighted by Gasteiger charge is 2.61. The van der Waals surface area contributed by atoms with Crippen LogP contribution < -0.4 is 4.90 Å². The third-order valence-corrected chi connectivity index (χ3v) is 6.20. The molecule has 10 heteroatoms. The minimum absolute atomic E-state index is 0.0242. The fourth-order valence-electron chi connectivity index (χ4n) is 4.30. The molecule has 176 valence electrons. The van der Waals surface area contributed by atoms with Gasteiger partial charge in [-0.3, -0.25) is 9.59 Å². The number of carbonyl (C=O) groups excluding carboxylic acids is 3. The number of piperazine rings is 1. The lowest BCUT2D eigenvalue weighted by Crippen LogP contribution is -2.81. The molecule has 34 heavy (non-hydrogen) atoms. The molecule has 8 nitrogen and oxygen atoms in total. The molecule has 4 rings (SSSR count). The Labute approximate surface area is 194 Å². The largest absolute Gasteiger partial charge is 0.453 e. The molecule has 0 aromatic heterocycles. The summed E-state index contributed by atoms with van der Waals surface area (Å²) >= 11 is 0. The number of carbonyl (C=O) groups is 3. The summed E-state index contributed by atoms with van der Waals surface area (Å²) in [7, 11) is 1.23. The number of rotatable bonds is 4. The summed E-state index contributed by atoms with van der Waals surface area (Å²) in [6.07, 6.45) is -0.615. The number of amides is 3. The van der Waals surface area contributed by atoms with E-state index in [1.807, 2.05) is 6.07 Å². The lowest BCUT2D eigenvalue weighted by Gasteiger charge is -2.57. The maximum Gasteiger partial charge on any atom is 0.409 e. The monoisotopic (exact) mass is 468 g/mol. The molecule has 1 spiro atoms. The lowest BCUT2D eigenvalue weighted by molar-refractivity contribution is -0.162. The van der Waals surface area contributed by atoms with Crippen molar-refractivity contribution in [3.05, 3.63) is 65.2 Å². The number of likely N-dealkylation sites (tertiary alicyclic amines) is 1. The van der Waals surface area contributed by atoms with E-state index in [-0.39, 0.29) is 43.6 Å². The zero-order valence-electron chi connectivity index (χ0n) is 18.6. The molecule has 0 unspecified atom stereocenters. The number of nitriles is 1. The molecule has 2 fully saturated rings. The van der Waals surface area contributed by atoms with E-state index in [1.54, 1.807) is 24.3 Å². The topological polar surface area (TPSA) is 94.0 Å². The first-order valence-electron chi connectivity index (χ1n) is 10.5. The van der Waals surface area contributed by atoms with Crippen LogP contribution in [0.5, 0.6) is 0 Å². The number of alkyl halides is 2. The van der Waals surface area contributed by atoms with E-state index in [9.17, 15) is 23.2 Å². The van der Waals surface area contributed by atoms with Crippen molar-refractivity contribution in [1.82, 2.24) is 9.80 Å². The van der Waals surface area contributed by atoms with Gasteiger partial charge in [-0.05, 0) is 29.8 Å². The Morgan fingerprint density at radius 3 is 2.26 bits per heavy atom. The highest BCUT2D eigenvalue weighted by Crippen LogP contribution is 2.37. The summed E-state index contributed by atoms with van der Waals surface area (Å²) in [4.78, 5) is 43.0. The molecule has 0 N–H and O–H groups in total. The SMILES string of the molecule is COC(=O)N1CC2(C1)C(=O)N(c1ccc(C#N)cc1)CC(=O)N2Cc1ccc(C(C)(F)F)cc1. The number of ether oxygens (including phenoxy) is 1. The molecule has 2 aromatic carbocycles. The van der Waals surface area contributed by atoms with Crippen LogP contribution in [0.1, 0.15) is 23.6 Å². The van der Waals surface area contributed by atoms with Gasteiger partial charge in [0.25, 0.3) is 11.8 Å². The molecular formula is C24H22F2N4O4. The van der Waals surface area contributed by atoms with Gasteiger partial charge in [-0.2, -0.15) is 5.26 Å². The van der Waals surface area contributed by atoms with Crippen LogP contribution in [0.25, 0.3) is 0 Å². The molecule has 0 bridgehead atoms. The van der Waals surface area contributed by atoms with Gasteiger partial charge in [0, 0.05) is 24.7 Å². The van der Waals surface area contributed by atoms with E-state index < -0.39 is 17.6 Å². The fourth-order valence-corrected chi connectivity index (χ4v) is 4.30. The maximum atomic E-state index is 13.7. The molecule has 2 aliphatic rings. The summed E-state index contributed by atoms with van der Waals surface area (Å²) in [5.74, 6) is -3.71. The van der Waals surface area contributed by atoms with Crippen LogP contribution in [0.15, 0.2) is 48.5 Å². The van der Waals surface area contributed by atoms with Gasteiger partial charge in [0.05, 0.1) is 31.8 Å². The van der Waals surface area contributed by atoms with E-state index >= 15 is 0 Å². The Balaban J connectivity index is 1.64. The fraction of sp³-hybridized carbons (Fsp3) is 0.333. The van der Waals surface area contributed by atoms with E-state index in [2.05, 4.69) is 0 Å².